The van der Waals surface area contributed by atoms with Gasteiger partial charge in [0.05, 0.1) is 0 Å². The predicted octanol–water partition coefficient (Wildman–Crippen LogP) is -3.71. The molecule has 3 heteroatoms. The van der Waals surface area contributed by atoms with E-state index in [1.54, 1.807) is 0 Å². The summed E-state index contributed by atoms with van der Waals surface area (Å²) >= 11 is 2.66. The van der Waals surface area contributed by atoms with Gasteiger partial charge in [-0.05, 0) is 0 Å². The Bertz CT molecular complexity index is 209. The Morgan fingerprint density at radius 3 is 2.17 bits per heavy atom. The molecule has 0 nitrogen and oxygen atoms in total. The summed E-state index contributed by atoms with van der Waals surface area (Å²) in [5.74, 6) is 0. The van der Waals surface area contributed by atoms with E-state index in [4.69, 9.17) is 0 Å². The van der Waals surface area contributed by atoms with Crippen molar-refractivity contribution < 1.29 is 24.8 Å². The molecule has 0 heterocycles. The zero-order chi connectivity index (χ0) is 7.23. The molecule has 0 aromatic heterocycles. The van der Waals surface area contributed by atoms with Crippen LogP contribution in [0.4, 0.5) is 0 Å². The second-order valence-electron chi connectivity index (χ2n) is 2.05. The van der Waals surface area contributed by atoms with Crippen LogP contribution in [0.15, 0.2) is 36.4 Å². The maximum absolute atomic E-state index is 2.66. The van der Waals surface area contributed by atoms with Gasteiger partial charge in [0.2, 0.25) is 0 Å². The molecule has 0 saturated carbocycles. The fourth-order valence-corrected chi connectivity index (χ4v) is 0.904. The van der Waals surface area contributed by atoms with Gasteiger partial charge in [-0.25, -0.2) is 0 Å². The molecule has 0 aliphatic rings. The summed E-state index contributed by atoms with van der Waals surface area (Å²) in [6.07, 6.45) is 4.24. The van der Waals surface area contributed by atoms with Crippen LogP contribution >= 0.6 is 0 Å². The number of benzene rings is 1. The van der Waals surface area contributed by atoms with E-state index in [1.165, 1.54) is 5.56 Å². The van der Waals surface area contributed by atoms with Gasteiger partial charge >= 0.3 is 69.6 Å². The molecule has 0 saturated heterocycles. The van der Waals surface area contributed by atoms with E-state index in [9.17, 15) is 0 Å². The van der Waals surface area contributed by atoms with Crippen LogP contribution in [0.2, 0.25) is 5.28 Å². The monoisotopic (exact) mass is 214 g/mol. The molecule has 0 amide bonds. The fourth-order valence-electron chi connectivity index (χ4n) is 0.768. The average Bonchev–Trinajstić information content (AvgIpc) is 2.03. The first-order valence-corrected chi connectivity index (χ1v) is 4.17. The van der Waals surface area contributed by atoms with Crippen molar-refractivity contribution in [2.24, 2.45) is 0 Å². The summed E-state index contributed by atoms with van der Waals surface area (Å²) < 4.78 is 0. The van der Waals surface area contributed by atoms with Crippen LogP contribution in [-0.4, -0.2) is 16.3 Å². The van der Waals surface area contributed by atoms with Crippen LogP contribution in [0, 0.1) is 0 Å². The van der Waals surface area contributed by atoms with Gasteiger partial charge in [0.1, 0.15) is 0 Å². The number of rotatable bonds is 2. The molecule has 0 spiro atoms. The third-order valence-corrected chi connectivity index (χ3v) is 1.52. The Hall–Kier alpha value is 0.0725. The van der Waals surface area contributed by atoms with E-state index in [2.05, 4.69) is 40.6 Å². The minimum atomic E-state index is 0. The standard InChI is InChI=1S/C9H9.Al.2ClH/c1-2-6-9-7-4-3-5-8-9;;;/h2-8H,1H2;;2*1H/q;+2;;/p-2. The third-order valence-electron chi connectivity index (χ3n) is 1.25. The smallest absolute Gasteiger partial charge is 1.00 e. The van der Waals surface area contributed by atoms with Crippen molar-refractivity contribution >= 4 is 22.4 Å². The van der Waals surface area contributed by atoms with Crippen LogP contribution in [0.25, 0.3) is 6.08 Å². The maximum Gasteiger partial charge on any atom is -1.00 e. The first-order chi connectivity index (χ1) is 4.93. The summed E-state index contributed by atoms with van der Waals surface area (Å²) in [5, 5.41) is 1.02. The first-order valence-electron chi connectivity index (χ1n) is 3.35. The normalized spacial score (nSPS) is 8.83. The Morgan fingerprint density at radius 1 is 1.08 bits per heavy atom. The Kier molecular flexibility index (Phi) is 11.1. The second-order valence-corrected chi connectivity index (χ2v) is 2.52. The summed E-state index contributed by atoms with van der Waals surface area (Å²) in [6, 6.07) is 10.3. The van der Waals surface area contributed by atoms with Gasteiger partial charge < -0.3 is 24.8 Å². The molecule has 1 rings (SSSR count). The molecule has 0 atom stereocenters. The van der Waals surface area contributed by atoms with Crippen molar-refractivity contribution in [2.75, 3.05) is 0 Å². The van der Waals surface area contributed by atoms with Crippen LogP contribution in [0.3, 0.4) is 0 Å². The Labute approximate surface area is 94.3 Å². The van der Waals surface area contributed by atoms with Gasteiger partial charge in [-0.3, -0.25) is 0 Å². The molecule has 0 bridgehead atoms. The first kappa shape index (κ1) is 14.6. The fraction of sp³-hybridized carbons (Fsp3) is 0.111. The van der Waals surface area contributed by atoms with Crippen molar-refractivity contribution in [3.8, 4) is 0 Å². The van der Waals surface area contributed by atoms with Crippen molar-refractivity contribution in [3.05, 3.63) is 42.0 Å². The summed E-state index contributed by atoms with van der Waals surface area (Å²) in [5.41, 5.74) is 1.27. The molecule has 0 aliphatic heterocycles. The van der Waals surface area contributed by atoms with Gasteiger partial charge in [0.15, 0.2) is 0 Å². The Morgan fingerprint density at radius 2 is 1.67 bits per heavy atom. The molecule has 62 valence electrons. The van der Waals surface area contributed by atoms with Crippen molar-refractivity contribution in [1.82, 2.24) is 0 Å². The third kappa shape index (κ3) is 5.69. The molecule has 1 aromatic rings. The zero-order valence-corrected chi connectivity index (χ0v) is 9.25. The SMILES string of the molecule is [Al+2][CH2]C=Cc1ccccc1.[Cl-].[Cl-]. The minimum absolute atomic E-state index is 0. The second kappa shape index (κ2) is 9.16. The average molecular weight is 215 g/mol. The molecule has 12 heavy (non-hydrogen) atoms. The molecule has 0 fully saturated rings. The van der Waals surface area contributed by atoms with E-state index in [0.717, 1.165) is 5.28 Å². The van der Waals surface area contributed by atoms with Crippen LogP contribution in [0.5, 0.6) is 0 Å². The van der Waals surface area contributed by atoms with Crippen LogP contribution in [-0.2, 0) is 0 Å². The van der Waals surface area contributed by atoms with Gasteiger partial charge in [-0.2, -0.15) is 0 Å². The van der Waals surface area contributed by atoms with Gasteiger partial charge in [0.25, 0.3) is 0 Å². The summed E-state index contributed by atoms with van der Waals surface area (Å²) in [6.45, 7) is 0. The van der Waals surface area contributed by atoms with E-state index in [-0.39, 0.29) is 24.8 Å². The minimum Gasteiger partial charge on any atom is -1.00 e. The molecule has 0 unspecified atom stereocenters. The predicted molar refractivity (Wildman–Crippen MR) is 46.0 cm³/mol. The van der Waals surface area contributed by atoms with E-state index < -0.39 is 0 Å². The number of hydrogen-bond acceptors (Lipinski definition) is 0. The summed E-state index contributed by atoms with van der Waals surface area (Å²) in [4.78, 5) is 0. The van der Waals surface area contributed by atoms with Gasteiger partial charge in [-0.15, -0.1) is 0 Å². The topological polar surface area (TPSA) is 0 Å². The maximum atomic E-state index is 2.66. The molecular formula is C9H9AlCl2. The molecule has 0 aliphatic carbocycles. The van der Waals surface area contributed by atoms with Crippen molar-refractivity contribution in [1.29, 1.82) is 0 Å². The van der Waals surface area contributed by atoms with E-state index >= 15 is 0 Å². The quantitative estimate of drug-likeness (QED) is 0.445. The van der Waals surface area contributed by atoms with E-state index in [1.807, 2.05) is 18.2 Å². The molecular weight excluding hydrogens is 206 g/mol. The number of hydrogen-bond donors (Lipinski definition) is 0. The zero-order valence-electron chi connectivity index (χ0n) is 6.58. The van der Waals surface area contributed by atoms with Crippen LogP contribution < -0.4 is 24.8 Å². The van der Waals surface area contributed by atoms with Crippen LogP contribution in [0.1, 0.15) is 5.56 Å². The summed E-state index contributed by atoms with van der Waals surface area (Å²) in [7, 11) is 0. The van der Waals surface area contributed by atoms with Crippen molar-refractivity contribution in [3.63, 3.8) is 0 Å². The molecule has 0 radical (unpaired) electrons. The van der Waals surface area contributed by atoms with Gasteiger partial charge in [0, 0.05) is 0 Å². The number of allylic oxidation sites excluding steroid dienone is 1. The molecule has 0 N–H and O–H groups in total. The van der Waals surface area contributed by atoms with Crippen molar-refractivity contribution in [2.45, 2.75) is 5.28 Å². The largest absolute Gasteiger partial charge is 1.00 e. The Balaban J connectivity index is 0. The number of halogens is 2. The van der Waals surface area contributed by atoms with E-state index in [0.29, 0.717) is 0 Å². The van der Waals surface area contributed by atoms with Gasteiger partial charge in [-0.1, -0.05) is 0 Å². The molecule has 1 aromatic carbocycles.